The molecule has 2 unspecified atom stereocenters. The largest absolute Gasteiger partial charge is 0.385 e. The summed E-state index contributed by atoms with van der Waals surface area (Å²) >= 11 is 0. The second-order valence-electron chi connectivity index (χ2n) is 6.12. The summed E-state index contributed by atoms with van der Waals surface area (Å²) in [5, 5.41) is 3.53. The molecule has 1 saturated heterocycles. The normalized spacial score (nSPS) is 27.9. The lowest BCUT2D eigenvalue weighted by molar-refractivity contribution is 0.315. The molecule has 1 N–H and O–H groups in total. The van der Waals surface area contributed by atoms with E-state index in [0.717, 1.165) is 24.9 Å². The average Bonchev–Trinajstić information content (AvgIpc) is 2.69. The van der Waals surface area contributed by atoms with Gasteiger partial charge in [-0.15, -0.1) is 0 Å². The highest BCUT2D eigenvalue weighted by Gasteiger charge is 2.26. The van der Waals surface area contributed by atoms with E-state index >= 15 is 0 Å². The minimum absolute atomic E-state index is 0.850. The highest BCUT2D eigenvalue weighted by atomic mass is 15.1. The van der Waals surface area contributed by atoms with Gasteiger partial charge in [-0.2, -0.15) is 0 Å². The molecule has 1 aromatic carbocycles. The van der Waals surface area contributed by atoms with Gasteiger partial charge in [-0.3, -0.25) is 4.90 Å². The fourth-order valence-corrected chi connectivity index (χ4v) is 3.35. The van der Waals surface area contributed by atoms with Gasteiger partial charge in [0.25, 0.3) is 0 Å². The third-order valence-electron chi connectivity index (χ3n) is 4.65. The van der Waals surface area contributed by atoms with E-state index in [9.17, 15) is 0 Å². The molecule has 0 bridgehead atoms. The number of nitrogens with one attached hydrogen (secondary N) is 1. The minimum Gasteiger partial charge on any atom is -0.385 e. The van der Waals surface area contributed by atoms with Crippen molar-refractivity contribution in [2.45, 2.75) is 33.2 Å². The highest BCUT2D eigenvalue weighted by molar-refractivity contribution is 5.56. The SMILES string of the molecule is CC1CN(Cc2cccc3c2CCCN3)CC1C. The Kier molecular flexibility index (Phi) is 3.29. The molecular weight excluding hydrogens is 220 g/mol. The Labute approximate surface area is 110 Å². The van der Waals surface area contributed by atoms with Gasteiger partial charge in [-0.1, -0.05) is 26.0 Å². The Bertz CT molecular complexity index is 417. The zero-order valence-corrected chi connectivity index (χ0v) is 11.6. The molecule has 98 valence electrons. The van der Waals surface area contributed by atoms with Crippen LogP contribution in [0.1, 0.15) is 31.4 Å². The van der Waals surface area contributed by atoms with Gasteiger partial charge >= 0.3 is 0 Å². The lowest BCUT2D eigenvalue weighted by atomic mass is 9.97. The molecule has 3 rings (SSSR count). The molecule has 2 heterocycles. The first kappa shape index (κ1) is 12.0. The Morgan fingerprint density at radius 2 is 2.00 bits per heavy atom. The van der Waals surface area contributed by atoms with Crippen LogP contribution in [0.5, 0.6) is 0 Å². The van der Waals surface area contributed by atoms with Gasteiger partial charge < -0.3 is 5.32 Å². The first-order valence-electron chi connectivity index (χ1n) is 7.31. The van der Waals surface area contributed by atoms with Crippen LogP contribution in [-0.2, 0) is 13.0 Å². The monoisotopic (exact) mass is 244 g/mol. The maximum atomic E-state index is 3.53. The van der Waals surface area contributed by atoms with E-state index < -0.39 is 0 Å². The maximum Gasteiger partial charge on any atom is 0.0375 e. The minimum atomic E-state index is 0.850. The molecule has 0 saturated carbocycles. The Hall–Kier alpha value is -1.02. The molecule has 1 fully saturated rings. The predicted octanol–water partition coefficient (Wildman–Crippen LogP) is 3.13. The number of fused-ring (bicyclic) bond motifs is 1. The summed E-state index contributed by atoms with van der Waals surface area (Å²) in [5.41, 5.74) is 4.48. The van der Waals surface area contributed by atoms with Gasteiger partial charge in [0.2, 0.25) is 0 Å². The quantitative estimate of drug-likeness (QED) is 0.860. The third-order valence-corrected chi connectivity index (χ3v) is 4.65. The molecule has 0 spiro atoms. The van der Waals surface area contributed by atoms with E-state index in [1.54, 1.807) is 11.1 Å². The molecule has 18 heavy (non-hydrogen) atoms. The number of hydrogen-bond donors (Lipinski definition) is 1. The number of anilines is 1. The number of likely N-dealkylation sites (tertiary alicyclic amines) is 1. The van der Waals surface area contributed by atoms with Crippen molar-refractivity contribution in [3.63, 3.8) is 0 Å². The van der Waals surface area contributed by atoms with Crippen molar-refractivity contribution in [3.8, 4) is 0 Å². The lowest BCUT2D eigenvalue weighted by Crippen LogP contribution is -2.22. The average molecular weight is 244 g/mol. The summed E-state index contributed by atoms with van der Waals surface area (Å²) in [6, 6.07) is 6.75. The zero-order chi connectivity index (χ0) is 12.5. The summed E-state index contributed by atoms with van der Waals surface area (Å²) < 4.78 is 0. The summed E-state index contributed by atoms with van der Waals surface area (Å²) in [6.45, 7) is 9.56. The molecule has 1 aromatic rings. The summed E-state index contributed by atoms with van der Waals surface area (Å²) in [5.74, 6) is 1.70. The van der Waals surface area contributed by atoms with E-state index in [-0.39, 0.29) is 0 Å². The van der Waals surface area contributed by atoms with Gasteiger partial charge in [0.05, 0.1) is 0 Å². The molecule has 2 atom stereocenters. The maximum absolute atomic E-state index is 3.53. The summed E-state index contributed by atoms with van der Waals surface area (Å²) in [6.07, 6.45) is 2.52. The molecule has 0 aliphatic carbocycles. The van der Waals surface area contributed by atoms with Crippen molar-refractivity contribution in [1.29, 1.82) is 0 Å². The van der Waals surface area contributed by atoms with Crippen molar-refractivity contribution in [1.82, 2.24) is 4.90 Å². The second kappa shape index (κ2) is 4.93. The number of rotatable bonds is 2. The van der Waals surface area contributed by atoms with Crippen molar-refractivity contribution < 1.29 is 0 Å². The fraction of sp³-hybridized carbons (Fsp3) is 0.625. The molecule has 0 radical (unpaired) electrons. The van der Waals surface area contributed by atoms with Crippen LogP contribution < -0.4 is 5.32 Å². The van der Waals surface area contributed by atoms with Gasteiger partial charge in [0.1, 0.15) is 0 Å². The van der Waals surface area contributed by atoms with E-state index in [4.69, 9.17) is 0 Å². The van der Waals surface area contributed by atoms with Crippen LogP contribution in [0.3, 0.4) is 0 Å². The van der Waals surface area contributed by atoms with E-state index in [1.807, 2.05) is 0 Å². The molecule has 2 nitrogen and oxygen atoms in total. The zero-order valence-electron chi connectivity index (χ0n) is 11.6. The molecule has 2 aliphatic heterocycles. The second-order valence-corrected chi connectivity index (χ2v) is 6.12. The van der Waals surface area contributed by atoms with Crippen molar-refractivity contribution in [2.24, 2.45) is 11.8 Å². The Balaban J connectivity index is 1.77. The van der Waals surface area contributed by atoms with Gasteiger partial charge in [0, 0.05) is 31.9 Å². The van der Waals surface area contributed by atoms with E-state index in [1.165, 1.54) is 31.6 Å². The first-order valence-corrected chi connectivity index (χ1v) is 7.31. The van der Waals surface area contributed by atoms with E-state index in [2.05, 4.69) is 42.3 Å². The topological polar surface area (TPSA) is 15.3 Å². The van der Waals surface area contributed by atoms with Gasteiger partial charge in [-0.05, 0) is 41.9 Å². The highest BCUT2D eigenvalue weighted by Crippen LogP contribution is 2.29. The van der Waals surface area contributed by atoms with Crippen molar-refractivity contribution in [3.05, 3.63) is 29.3 Å². The number of nitrogens with zero attached hydrogens (tertiary/aromatic N) is 1. The van der Waals surface area contributed by atoms with Crippen LogP contribution >= 0.6 is 0 Å². The summed E-state index contributed by atoms with van der Waals surface area (Å²) in [4.78, 5) is 2.62. The Morgan fingerprint density at radius 1 is 1.22 bits per heavy atom. The molecule has 2 heteroatoms. The lowest BCUT2D eigenvalue weighted by Gasteiger charge is -2.23. The molecule has 0 aromatic heterocycles. The number of benzene rings is 1. The van der Waals surface area contributed by atoms with Crippen LogP contribution in [0.15, 0.2) is 18.2 Å². The fourth-order valence-electron chi connectivity index (χ4n) is 3.35. The first-order chi connectivity index (χ1) is 8.74. The van der Waals surface area contributed by atoms with Gasteiger partial charge in [-0.25, -0.2) is 0 Å². The molecule has 2 aliphatic rings. The predicted molar refractivity (Wildman–Crippen MR) is 76.9 cm³/mol. The van der Waals surface area contributed by atoms with Crippen molar-refractivity contribution >= 4 is 5.69 Å². The van der Waals surface area contributed by atoms with E-state index in [0.29, 0.717) is 0 Å². The summed E-state index contributed by atoms with van der Waals surface area (Å²) in [7, 11) is 0. The molecular formula is C16H24N2. The Morgan fingerprint density at radius 3 is 2.78 bits per heavy atom. The van der Waals surface area contributed by atoms with Crippen molar-refractivity contribution in [2.75, 3.05) is 25.0 Å². The van der Waals surface area contributed by atoms with Crippen LogP contribution in [0, 0.1) is 11.8 Å². The smallest absolute Gasteiger partial charge is 0.0375 e. The standard InChI is InChI=1S/C16H24N2/c1-12-9-18(10-13(12)2)11-14-5-3-7-16-15(14)6-4-8-17-16/h3,5,7,12-13,17H,4,6,8-11H2,1-2H3. The van der Waals surface area contributed by atoms with Gasteiger partial charge in [0.15, 0.2) is 0 Å². The van der Waals surface area contributed by atoms with Crippen LogP contribution in [-0.4, -0.2) is 24.5 Å². The van der Waals surface area contributed by atoms with Crippen LogP contribution in [0.4, 0.5) is 5.69 Å². The van der Waals surface area contributed by atoms with Crippen LogP contribution in [0.2, 0.25) is 0 Å². The molecule has 0 amide bonds. The third kappa shape index (κ3) is 2.26. The van der Waals surface area contributed by atoms with Crippen LogP contribution in [0.25, 0.3) is 0 Å². The number of hydrogen-bond acceptors (Lipinski definition) is 2.